The molecule has 0 aliphatic heterocycles. The Labute approximate surface area is 163 Å². The van der Waals surface area contributed by atoms with Crippen LogP contribution in [0.2, 0.25) is 0 Å². The van der Waals surface area contributed by atoms with Gasteiger partial charge in [0.25, 0.3) is 0 Å². The lowest BCUT2D eigenvalue weighted by molar-refractivity contribution is 0.619. The second-order valence-corrected chi connectivity index (χ2v) is 7.18. The van der Waals surface area contributed by atoms with Gasteiger partial charge in [0.15, 0.2) is 17.0 Å². The van der Waals surface area contributed by atoms with Crippen LogP contribution in [0, 0.1) is 13.8 Å². The summed E-state index contributed by atoms with van der Waals surface area (Å²) < 4.78 is 4.05. The molecule has 0 aliphatic rings. The van der Waals surface area contributed by atoms with Crippen LogP contribution in [0.1, 0.15) is 36.8 Å². The zero-order valence-corrected chi connectivity index (χ0v) is 16.8. The van der Waals surface area contributed by atoms with E-state index in [0.717, 1.165) is 39.5 Å². The molecule has 8 heteroatoms. The highest BCUT2D eigenvalue weighted by Gasteiger charge is 2.23. The Bertz CT molecular complexity index is 1120. The van der Waals surface area contributed by atoms with Crippen molar-refractivity contribution in [1.82, 2.24) is 34.3 Å². The van der Waals surface area contributed by atoms with Crippen molar-refractivity contribution in [3.63, 3.8) is 0 Å². The molecule has 1 N–H and O–H groups in total. The number of hydrogen-bond donors (Lipinski definition) is 1. The van der Waals surface area contributed by atoms with Crippen molar-refractivity contribution in [2.45, 2.75) is 40.3 Å². The Morgan fingerprint density at radius 3 is 2.64 bits per heavy atom. The third-order valence-corrected chi connectivity index (χ3v) is 4.91. The molecule has 4 aromatic rings. The van der Waals surface area contributed by atoms with Crippen LogP contribution in [0.4, 0.5) is 5.82 Å². The number of imidazole rings is 1. The number of aromatic nitrogens is 7. The minimum Gasteiger partial charge on any atom is -0.364 e. The lowest BCUT2D eigenvalue weighted by Crippen LogP contribution is -2.06. The Balaban J connectivity index is 1.84. The van der Waals surface area contributed by atoms with Gasteiger partial charge in [-0.1, -0.05) is 6.07 Å². The lowest BCUT2D eigenvalue weighted by Gasteiger charge is -2.12. The molecule has 0 saturated carbocycles. The molecule has 4 aromatic heterocycles. The molecule has 8 nitrogen and oxygen atoms in total. The summed E-state index contributed by atoms with van der Waals surface area (Å²) in [7, 11) is 1.95. The summed E-state index contributed by atoms with van der Waals surface area (Å²) in [6.07, 6.45) is 5.19. The minimum atomic E-state index is 0.195. The summed E-state index contributed by atoms with van der Waals surface area (Å²) in [5.41, 5.74) is 5.74. The van der Waals surface area contributed by atoms with Crippen LogP contribution in [0.25, 0.3) is 22.6 Å². The molecule has 0 fully saturated rings. The van der Waals surface area contributed by atoms with Crippen LogP contribution in [0.15, 0.2) is 30.9 Å². The number of fused-ring (bicyclic) bond motifs is 1. The predicted octanol–water partition coefficient (Wildman–Crippen LogP) is 3.43. The number of hydrogen-bond acceptors (Lipinski definition) is 6. The summed E-state index contributed by atoms with van der Waals surface area (Å²) >= 11 is 0. The van der Waals surface area contributed by atoms with Gasteiger partial charge in [0.1, 0.15) is 12.2 Å². The van der Waals surface area contributed by atoms with Crippen molar-refractivity contribution in [3.05, 3.63) is 47.8 Å². The number of anilines is 1. The van der Waals surface area contributed by atoms with E-state index in [2.05, 4.69) is 50.7 Å². The maximum absolute atomic E-state index is 4.96. The summed E-state index contributed by atoms with van der Waals surface area (Å²) in [5, 5.41) is 7.94. The molecule has 0 amide bonds. The van der Waals surface area contributed by atoms with Gasteiger partial charge in [0.2, 0.25) is 0 Å². The van der Waals surface area contributed by atoms with E-state index in [1.165, 1.54) is 0 Å². The molecule has 0 bridgehead atoms. The molecule has 0 saturated heterocycles. The van der Waals surface area contributed by atoms with Crippen molar-refractivity contribution < 1.29 is 0 Å². The zero-order chi connectivity index (χ0) is 19.8. The van der Waals surface area contributed by atoms with Crippen molar-refractivity contribution in [1.29, 1.82) is 0 Å². The Morgan fingerprint density at radius 2 is 2.00 bits per heavy atom. The smallest absolute Gasteiger partial charge is 0.166 e. The first-order valence-corrected chi connectivity index (χ1v) is 9.33. The van der Waals surface area contributed by atoms with E-state index in [0.29, 0.717) is 12.4 Å². The molecule has 144 valence electrons. The highest BCUT2D eigenvalue weighted by molar-refractivity contribution is 5.87. The zero-order valence-electron chi connectivity index (χ0n) is 16.8. The first-order valence-electron chi connectivity index (χ1n) is 9.33. The third-order valence-electron chi connectivity index (χ3n) is 4.91. The Kier molecular flexibility index (Phi) is 4.54. The molecule has 0 aliphatic carbocycles. The maximum Gasteiger partial charge on any atom is 0.166 e. The van der Waals surface area contributed by atoms with Crippen molar-refractivity contribution >= 4 is 17.0 Å². The van der Waals surface area contributed by atoms with Crippen molar-refractivity contribution in [3.8, 4) is 11.4 Å². The number of rotatable bonds is 5. The van der Waals surface area contributed by atoms with E-state index in [1.807, 2.05) is 37.0 Å². The van der Waals surface area contributed by atoms with E-state index in [-0.39, 0.29) is 6.04 Å². The molecule has 4 heterocycles. The van der Waals surface area contributed by atoms with Gasteiger partial charge < -0.3 is 9.88 Å². The van der Waals surface area contributed by atoms with Crippen LogP contribution in [0.3, 0.4) is 0 Å². The fourth-order valence-electron chi connectivity index (χ4n) is 3.49. The van der Waals surface area contributed by atoms with Crippen molar-refractivity contribution in [2.75, 3.05) is 5.32 Å². The van der Waals surface area contributed by atoms with Crippen LogP contribution >= 0.6 is 0 Å². The maximum atomic E-state index is 4.96. The molecule has 0 spiro atoms. The first kappa shape index (κ1) is 18.1. The third kappa shape index (κ3) is 3.00. The van der Waals surface area contributed by atoms with Gasteiger partial charge in [-0.3, -0.25) is 9.67 Å². The van der Waals surface area contributed by atoms with E-state index in [4.69, 9.17) is 4.98 Å². The lowest BCUT2D eigenvalue weighted by atomic mass is 10.2. The van der Waals surface area contributed by atoms with Gasteiger partial charge in [-0.15, -0.1) is 0 Å². The van der Waals surface area contributed by atoms with Crippen LogP contribution in [-0.4, -0.2) is 34.3 Å². The fraction of sp³-hybridized carbons (Fsp3) is 0.350. The molecule has 0 radical (unpaired) electrons. The second-order valence-electron chi connectivity index (χ2n) is 7.18. The average Bonchev–Trinajstić information content (AvgIpc) is 3.17. The van der Waals surface area contributed by atoms with Gasteiger partial charge in [0.05, 0.1) is 11.3 Å². The predicted molar refractivity (Wildman–Crippen MR) is 109 cm³/mol. The highest BCUT2D eigenvalue weighted by Crippen LogP contribution is 2.33. The average molecular weight is 376 g/mol. The highest BCUT2D eigenvalue weighted by atomic mass is 15.3. The quantitative estimate of drug-likeness (QED) is 0.574. The molecule has 28 heavy (non-hydrogen) atoms. The van der Waals surface area contributed by atoms with E-state index in [9.17, 15) is 0 Å². The summed E-state index contributed by atoms with van der Waals surface area (Å²) in [6, 6.07) is 4.14. The molecule has 0 unspecified atom stereocenters. The van der Waals surface area contributed by atoms with Crippen molar-refractivity contribution in [2.24, 2.45) is 7.05 Å². The van der Waals surface area contributed by atoms with Gasteiger partial charge in [-0.2, -0.15) is 5.10 Å². The monoisotopic (exact) mass is 376 g/mol. The SMILES string of the molecule is Cc1nn(C)c(C)c1-c1nc2c(NCc3cccnc3)ncnc2n1C(C)C. The number of nitrogens with zero attached hydrogens (tertiary/aromatic N) is 7. The van der Waals surface area contributed by atoms with Gasteiger partial charge in [-0.05, 0) is 39.3 Å². The number of aryl methyl sites for hydroxylation is 2. The van der Waals surface area contributed by atoms with Gasteiger partial charge in [-0.25, -0.2) is 15.0 Å². The molecule has 0 aromatic carbocycles. The van der Waals surface area contributed by atoms with Crippen LogP contribution in [-0.2, 0) is 13.6 Å². The Morgan fingerprint density at radius 1 is 1.18 bits per heavy atom. The molecular formula is C20H24N8. The second kappa shape index (κ2) is 7.03. The topological polar surface area (TPSA) is 86.3 Å². The Hall–Kier alpha value is -3.29. The van der Waals surface area contributed by atoms with E-state index < -0.39 is 0 Å². The molecule has 4 rings (SSSR count). The molecule has 0 atom stereocenters. The van der Waals surface area contributed by atoms with E-state index >= 15 is 0 Å². The van der Waals surface area contributed by atoms with Crippen LogP contribution < -0.4 is 5.32 Å². The largest absolute Gasteiger partial charge is 0.364 e. The first-order chi connectivity index (χ1) is 13.5. The minimum absolute atomic E-state index is 0.195. The van der Waals surface area contributed by atoms with Gasteiger partial charge in [0, 0.05) is 37.7 Å². The number of nitrogens with one attached hydrogen (secondary N) is 1. The summed E-state index contributed by atoms with van der Waals surface area (Å²) in [6.45, 7) is 8.97. The normalized spacial score (nSPS) is 11.5. The standard InChI is InChI=1S/C20H24N8/c1-12(2)28-19(16-13(3)26-27(5)14(16)4)25-17-18(23-11-24-20(17)28)22-10-15-7-6-8-21-9-15/h6-9,11-12H,10H2,1-5H3,(H,22,23,24). The molecular weight excluding hydrogens is 352 g/mol. The van der Waals surface area contributed by atoms with Gasteiger partial charge >= 0.3 is 0 Å². The van der Waals surface area contributed by atoms with E-state index in [1.54, 1.807) is 12.5 Å². The number of pyridine rings is 1. The summed E-state index contributed by atoms with van der Waals surface area (Å²) in [4.78, 5) is 18.1. The van der Waals surface area contributed by atoms with Crippen LogP contribution in [0.5, 0.6) is 0 Å². The summed E-state index contributed by atoms with van der Waals surface area (Å²) in [5.74, 6) is 1.59. The fourth-order valence-corrected chi connectivity index (χ4v) is 3.49.